The molecule has 5 heteroatoms. The van der Waals surface area contributed by atoms with E-state index in [2.05, 4.69) is 193 Å². The highest BCUT2D eigenvalue weighted by Crippen LogP contribution is 2.51. The van der Waals surface area contributed by atoms with E-state index >= 15 is 0 Å². The van der Waals surface area contributed by atoms with Crippen LogP contribution in [0.1, 0.15) is 25.0 Å². The van der Waals surface area contributed by atoms with Crippen molar-refractivity contribution in [2.75, 3.05) is 0 Å². The minimum Gasteiger partial charge on any atom is -0.309 e. The number of aromatic nitrogens is 4. The van der Waals surface area contributed by atoms with Crippen LogP contribution in [0.15, 0.2) is 182 Å². The van der Waals surface area contributed by atoms with E-state index in [1.165, 1.54) is 91.8 Å². The van der Waals surface area contributed by atoms with Crippen molar-refractivity contribution < 1.29 is 0 Å². The maximum Gasteiger partial charge on any atom is 0.235 e. The predicted molar refractivity (Wildman–Crippen MR) is 252 cm³/mol. The van der Waals surface area contributed by atoms with Crippen LogP contribution in [0.25, 0.3) is 109 Å². The highest BCUT2D eigenvalue weighted by Gasteiger charge is 2.36. The first-order valence-electron chi connectivity index (χ1n) is 20.6. The molecule has 13 rings (SSSR count). The first kappa shape index (κ1) is 33.6. The van der Waals surface area contributed by atoms with Crippen molar-refractivity contribution in [3.8, 4) is 45.1 Å². The summed E-state index contributed by atoms with van der Waals surface area (Å²) in [5.41, 5.74) is 15.5. The molecule has 282 valence electrons. The third-order valence-electron chi connectivity index (χ3n) is 13.0. The summed E-state index contributed by atoms with van der Waals surface area (Å²) in [7, 11) is 0. The standard InChI is InChI=1S/C55H36N4S/c1-55(2)45-20-9-6-15-36(45)41-31-44-43-30-34(23-25-49(43)58(51(44)32-46(41)55)35-13-4-3-5-14-35)33-24-26-50-42(29-33)37-16-7-10-21-48(37)59(50)54-56-28-27-47(57-54)40-19-12-18-39-38-17-8-11-22-52(38)60-53(39)40/h3-32H,1-2H3. The van der Waals surface area contributed by atoms with E-state index in [1.54, 1.807) is 0 Å². The number of rotatable bonds is 4. The summed E-state index contributed by atoms with van der Waals surface area (Å²) in [5.74, 6) is 0.664. The molecule has 0 saturated heterocycles. The average molecular weight is 785 g/mol. The van der Waals surface area contributed by atoms with Gasteiger partial charge in [-0.3, -0.25) is 4.57 Å². The van der Waals surface area contributed by atoms with E-state index in [0.29, 0.717) is 5.95 Å². The Hall–Kier alpha value is -7.34. The zero-order chi connectivity index (χ0) is 39.7. The van der Waals surface area contributed by atoms with E-state index in [-0.39, 0.29) is 5.41 Å². The summed E-state index contributed by atoms with van der Waals surface area (Å²) in [6.07, 6.45) is 1.90. The molecular formula is C55H36N4S. The predicted octanol–water partition coefficient (Wildman–Crippen LogP) is 14.7. The van der Waals surface area contributed by atoms with Crippen LogP contribution in [0, 0.1) is 0 Å². The second-order valence-corrected chi connectivity index (χ2v) is 17.6. The number of hydrogen-bond acceptors (Lipinski definition) is 3. The molecule has 0 atom stereocenters. The lowest BCUT2D eigenvalue weighted by atomic mass is 9.82. The first-order chi connectivity index (χ1) is 29.5. The second kappa shape index (κ2) is 12.3. The molecule has 60 heavy (non-hydrogen) atoms. The van der Waals surface area contributed by atoms with Gasteiger partial charge in [-0.1, -0.05) is 123 Å². The highest BCUT2D eigenvalue weighted by molar-refractivity contribution is 7.26. The van der Waals surface area contributed by atoms with Crippen LogP contribution in [0.2, 0.25) is 0 Å². The summed E-state index contributed by atoms with van der Waals surface area (Å²) in [4.78, 5) is 10.2. The summed E-state index contributed by atoms with van der Waals surface area (Å²) < 4.78 is 7.20. The Balaban J connectivity index is 0.985. The third-order valence-corrected chi connectivity index (χ3v) is 14.2. The van der Waals surface area contributed by atoms with Gasteiger partial charge in [-0.2, -0.15) is 0 Å². The molecular weight excluding hydrogens is 749 g/mol. The Kier molecular flexibility index (Phi) is 6.91. The van der Waals surface area contributed by atoms with Crippen LogP contribution >= 0.6 is 11.3 Å². The largest absolute Gasteiger partial charge is 0.309 e. The number of benzene rings is 8. The van der Waals surface area contributed by atoms with Gasteiger partial charge < -0.3 is 4.57 Å². The summed E-state index contributed by atoms with van der Waals surface area (Å²) in [5, 5.41) is 7.41. The van der Waals surface area contributed by atoms with Gasteiger partial charge in [0.05, 0.1) is 27.8 Å². The lowest BCUT2D eigenvalue weighted by molar-refractivity contribution is 0.661. The van der Waals surface area contributed by atoms with Gasteiger partial charge in [0.15, 0.2) is 0 Å². The summed E-state index contributed by atoms with van der Waals surface area (Å²) >= 11 is 1.83. The normalized spacial score (nSPS) is 13.3. The molecule has 1 aliphatic rings. The quantitative estimate of drug-likeness (QED) is 0.178. The zero-order valence-electron chi connectivity index (χ0n) is 33.0. The van der Waals surface area contributed by atoms with Gasteiger partial charge in [-0.15, -0.1) is 11.3 Å². The maximum absolute atomic E-state index is 5.28. The van der Waals surface area contributed by atoms with Gasteiger partial charge in [0.25, 0.3) is 0 Å². The molecule has 0 aliphatic heterocycles. The van der Waals surface area contributed by atoms with E-state index in [4.69, 9.17) is 9.97 Å². The van der Waals surface area contributed by atoms with Crippen molar-refractivity contribution in [3.63, 3.8) is 0 Å². The summed E-state index contributed by atoms with van der Waals surface area (Å²) in [6, 6.07) is 64.3. The Morgan fingerprint density at radius 1 is 0.450 bits per heavy atom. The van der Waals surface area contributed by atoms with Crippen LogP contribution in [0.5, 0.6) is 0 Å². The van der Waals surface area contributed by atoms with Gasteiger partial charge in [0, 0.05) is 64.6 Å². The van der Waals surface area contributed by atoms with E-state index in [1.807, 2.05) is 23.6 Å². The van der Waals surface area contributed by atoms with E-state index < -0.39 is 0 Å². The zero-order valence-corrected chi connectivity index (χ0v) is 33.8. The Morgan fingerprint density at radius 3 is 1.95 bits per heavy atom. The molecule has 4 nitrogen and oxygen atoms in total. The molecule has 4 heterocycles. The van der Waals surface area contributed by atoms with Crippen molar-refractivity contribution in [3.05, 3.63) is 193 Å². The molecule has 1 aliphatic carbocycles. The number of fused-ring (bicyclic) bond motifs is 12. The second-order valence-electron chi connectivity index (χ2n) is 16.6. The Labute approximate surface area is 350 Å². The minimum absolute atomic E-state index is 0.0859. The average Bonchev–Trinajstić information content (AvgIpc) is 4.01. The van der Waals surface area contributed by atoms with Crippen LogP contribution in [0.3, 0.4) is 0 Å². The number of thiophene rings is 1. The monoisotopic (exact) mass is 784 g/mol. The van der Waals surface area contributed by atoms with Gasteiger partial charge in [0.2, 0.25) is 5.95 Å². The van der Waals surface area contributed by atoms with Crippen LogP contribution in [0.4, 0.5) is 0 Å². The molecule has 0 fully saturated rings. The smallest absolute Gasteiger partial charge is 0.235 e. The topological polar surface area (TPSA) is 35.6 Å². The maximum atomic E-state index is 5.28. The molecule has 8 aromatic carbocycles. The van der Waals surface area contributed by atoms with E-state index in [0.717, 1.165) is 22.3 Å². The first-order valence-corrected chi connectivity index (χ1v) is 21.4. The number of para-hydroxylation sites is 2. The molecule has 12 aromatic rings. The molecule has 0 radical (unpaired) electrons. The van der Waals surface area contributed by atoms with Crippen molar-refractivity contribution in [1.29, 1.82) is 0 Å². The lowest BCUT2D eigenvalue weighted by Gasteiger charge is -2.21. The van der Waals surface area contributed by atoms with Gasteiger partial charge in [0.1, 0.15) is 0 Å². The Morgan fingerprint density at radius 2 is 1.10 bits per heavy atom. The number of hydrogen-bond donors (Lipinski definition) is 0. The van der Waals surface area contributed by atoms with Crippen molar-refractivity contribution >= 4 is 75.1 Å². The van der Waals surface area contributed by atoms with Crippen molar-refractivity contribution in [1.82, 2.24) is 19.1 Å². The fourth-order valence-electron chi connectivity index (χ4n) is 10.2. The highest BCUT2D eigenvalue weighted by atomic mass is 32.1. The van der Waals surface area contributed by atoms with Crippen LogP contribution in [-0.2, 0) is 5.41 Å². The molecule has 0 bridgehead atoms. The fraction of sp³-hybridized carbons (Fsp3) is 0.0545. The van der Waals surface area contributed by atoms with E-state index in [9.17, 15) is 0 Å². The van der Waals surface area contributed by atoms with Crippen molar-refractivity contribution in [2.24, 2.45) is 0 Å². The molecule has 0 saturated carbocycles. The SMILES string of the molecule is CC1(C)c2ccccc2-c2cc3c4cc(-c5ccc6c(c5)c5ccccc5n6-c5nccc(-c6cccc7c6sc6ccccc67)n5)ccc4n(-c4ccccc4)c3cc21. The number of nitrogens with zero attached hydrogens (tertiary/aromatic N) is 4. The van der Waals surface area contributed by atoms with Crippen molar-refractivity contribution in [2.45, 2.75) is 19.3 Å². The fourth-order valence-corrected chi connectivity index (χ4v) is 11.4. The Bertz CT molecular complexity index is 3750. The molecule has 0 amide bonds. The minimum atomic E-state index is -0.0859. The molecule has 0 N–H and O–H groups in total. The summed E-state index contributed by atoms with van der Waals surface area (Å²) in [6.45, 7) is 4.72. The van der Waals surface area contributed by atoms with Crippen LogP contribution in [-0.4, -0.2) is 19.1 Å². The third kappa shape index (κ3) is 4.66. The van der Waals surface area contributed by atoms with Gasteiger partial charge >= 0.3 is 0 Å². The van der Waals surface area contributed by atoms with Gasteiger partial charge in [-0.05, 0) is 100 Å². The van der Waals surface area contributed by atoms with Gasteiger partial charge in [-0.25, -0.2) is 9.97 Å². The van der Waals surface area contributed by atoms with Crippen LogP contribution < -0.4 is 0 Å². The molecule has 4 aromatic heterocycles. The molecule has 0 unspecified atom stereocenters. The molecule has 0 spiro atoms. The lowest BCUT2D eigenvalue weighted by Crippen LogP contribution is -2.14.